The molecule has 1 amide bonds. The number of hydrogen-bond donors (Lipinski definition) is 1. The summed E-state index contributed by atoms with van der Waals surface area (Å²) >= 11 is 1.04. The fourth-order valence-corrected chi connectivity index (χ4v) is 4.18. The molecule has 146 valence electrons. The van der Waals surface area contributed by atoms with Crippen molar-refractivity contribution < 1.29 is 18.0 Å². The number of aromatic nitrogens is 2. The van der Waals surface area contributed by atoms with Crippen LogP contribution in [0.1, 0.15) is 51.3 Å². The zero-order valence-electron chi connectivity index (χ0n) is 15.1. The molecule has 0 radical (unpaired) electrons. The van der Waals surface area contributed by atoms with Crippen LogP contribution in [0, 0.1) is 0 Å². The summed E-state index contributed by atoms with van der Waals surface area (Å²) in [6.07, 6.45) is 1.84. The van der Waals surface area contributed by atoms with Crippen molar-refractivity contribution in [3.63, 3.8) is 0 Å². The zero-order chi connectivity index (χ0) is 19.4. The van der Waals surface area contributed by atoms with Crippen LogP contribution in [0.5, 0.6) is 0 Å². The molecular formula is C19H22F3N3OS. The van der Waals surface area contributed by atoms with Crippen molar-refractivity contribution in [2.24, 2.45) is 0 Å². The van der Waals surface area contributed by atoms with Crippen molar-refractivity contribution in [2.45, 2.75) is 67.9 Å². The number of amides is 1. The molecule has 1 aliphatic carbocycles. The number of carbonyl (C=O) groups excluding carboxylic acids is 1. The van der Waals surface area contributed by atoms with E-state index in [1.165, 1.54) is 18.9 Å². The number of fused-ring (bicyclic) bond motifs is 1. The van der Waals surface area contributed by atoms with E-state index < -0.39 is 17.3 Å². The monoisotopic (exact) mass is 397 g/mol. The Morgan fingerprint density at radius 2 is 1.81 bits per heavy atom. The molecule has 3 rings (SSSR count). The van der Waals surface area contributed by atoms with Gasteiger partial charge in [0.1, 0.15) is 5.03 Å². The average molecular weight is 397 g/mol. The molecule has 0 bridgehead atoms. The second-order valence-electron chi connectivity index (χ2n) is 6.82. The van der Waals surface area contributed by atoms with Crippen molar-refractivity contribution >= 4 is 28.6 Å². The fraction of sp³-hybridized carbons (Fsp3) is 0.526. The minimum Gasteiger partial charge on any atom is -0.352 e. The maximum atomic E-state index is 13.1. The van der Waals surface area contributed by atoms with Crippen LogP contribution >= 0.6 is 11.8 Å². The van der Waals surface area contributed by atoms with E-state index in [1.807, 2.05) is 0 Å². The first-order valence-electron chi connectivity index (χ1n) is 9.15. The molecule has 1 atom stereocenters. The van der Waals surface area contributed by atoms with E-state index in [2.05, 4.69) is 15.3 Å². The summed E-state index contributed by atoms with van der Waals surface area (Å²) in [6, 6.07) is 6.70. The predicted octanol–water partition coefficient (Wildman–Crippen LogP) is 4.97. The molecule has 27 heavy (non-hydrogen) atoms. The summed E-state index contributed by atoms with van der Waals surface area (Å²) < 4.78 is 39.4. The normalized spacial score (nSPS) is 17.5. The number of benzene rings is 1. The van der Waals surface area contributed by atoms with E-state index in [-0.39, 0.29) is 22.5 Å². The lowest BCUT2D eigenvalue weighted by molar-refractivity contribution is -0.145. The summed E-state index contributed by atoms with van der Waals surface area (Å²) in [5.74, 6) is -1.34. The van der Waals surface area contributed by atoms with Gasteiger partial charge in [0.25, 0.3) is 0 Å². The Morgan fingerprint density at radius 1 is 1.15 bits per heavy atom. The molecule has 1 aromatic carbocycles. The lowest BCUT2D eigenvalue weighted by Crippen LogP contribution is -2.39. The Labute approximate surface area is 160 Å². The van der Waals surface area contributed by atoms with E-state index in [0.29, 0.717) is 5.39 Å². The van der Waals surface area contributed by atoms with Crippen LogP contribution in [0.3, 0.4) is 0 Å². The second-order valence-corrected chi connectivity index (χ2v) is 8.15. The maximum absolute atomic E-state index is 13.1. The molecule has 2 aromatic rings. The van der Waals surface area contributed by atoms with Crippen LogP contribution in [-0.2, 0) is 11.0 Å². The van der Waals surface area contributed by atoms with Crippen molar-refractivity contribution in [1.29, 1.82) is 0 Å². The number of carbonyl (C=O) groups is 1. The van der Waals surface area contributed by atoms with Gasteiger partial charge in [-0.2, -0.15) is 13.2 Å². The highest BCUT2D eigenvalue weighted by Gasteiger charge is 2.36. The van der Waals surface area contributed by atoms with Crippen LogP contribution in [-0.4, -0.2) is 27.2 Å². The van der Waals surface area contributed by atoms with Crippen LogP contribution in [0.15, 0.2) is 29.3 Å². The first-order valence-corrected chi connectivity index (χ1v) is 10.0. The second kappa shape index (κ2) is 8.46. The molecular weight excluding hydrogens is 375 g/mol. The Morgan fingerprint density at radius 3 is 2.48 bits per heavy atom. The molecule has 8 heteroatoms. The number of nitrogens with zero attached hydrogens (tertiary/aromatic N) is 2. The fourth-order valence-electron chi connectivity index (χ4n) is 3.23. The number of para-hydroxylation sites is 1. The summed E-state index contributed by atoms with van der Waals surface area (Å²) in [7, 11) is 0. The Balaban J connectivity index is 1.79. The van der Waals surface area contributed by atoms with Gasteiger partial charge in [0.2, 0.25) is 11.7 Å². The topological polar surface area (TPSA) is 54.9 Å². The van der Waals surface area contributed by atoms with Crippen LogP contribution < -0.4 is 5.32 Å². The highest BCUT2D eigenvalue weighted by atomic mass is 32.2. The number of alkyl halides is 3. The molecule has 4 nitrogen and oxygen atoms in total. The van der Waals surface area contributed by atoms with Gasteiger partial charge in [0, 0.05) is 11.4 Å². The van der Waals surface area contributed by atoms with E-state index in [9.17, 15) is 18.0 Å². The number of rotatable bonds is 4. The van der Waals surface area contributed by atoms with Gasteiger partial charge >= 0.3 is 6.18 Å². The highest BCUT2D eigenvalue weighted by Crippen LogP contribution is 2.33. The summed E-state index contributed by atoms with van der Waals surface area (Å²) in [4.78, 5) is 19.9. The van der Waals surface area contributed by atoms with Gasteiger partial charge in [-0.3, -0.25) is 4.79 Å². The van der Waals surface area contributed by atoms with Gasteiger partial charge in [-0.1, -0.05) is 55.6 Å². The third-order valence-corrected chi connectivity index (χ3v) is 5.78. The predicted molar refractivity (Wildman–Crippen MR) is 99.5 cm³/mol. The van der Waals surface area contributed by atoms with E-state index >= 15 is 0 Å². The van der Waals surface area contributed by atoms with Crippen LogP contribution in [0.2, 0.25) is 0 Å². The third kappa shape index (κ3) is 5.12. The maximum Gasteiger partial charge on any atom is 0.451 e. The molecule has 1 N–H and O–H groups in total. The Kier molecular flexibility index (Phi) is 6.24. The van der Waals surface area contributed by atoms with Crippen molar-refractivity contribution in [3.05, 3.63) is 30.1 Å². The molecule has 0 spiro atoms. The summed E-state index contributed by atoms with van der Waals surface area (Å²) in [6.45, 7) is 1.70. The van der Waals surface area contributed by atoms with Gasteiger partial charge < -0.3 is 5.32 Å². The smallest absolute Gasteiger partial charge is 0.352 e. The molecule has 0 aliphatic heterocycles. The lowest BCUT2D eigenvalue weighted by Gasteiger charge is -2.19. The Hall–Kier alpha value is -1.83. The number of nitrogens with one attached hydrogen (secondary N) is 1. The lowest BCUT2D eigenvalue weighted by atomic mass is 10.1. The summed E-state index contributed by atoms with van der Waals surface area (Å²) in [5.41, 5.74) is 0.221. The quantitative estimate of drug-likeness (QED) is 0.450. The largest absolute Gasteiger partial charge is 0.451 e. The number of hydrogen-bond acceptors (Lipinski definition) is 4. The number of halogens is 3. The van der Waals surface area contributed by atoms with Gasteiger partial charge in [-0.15, -0.1) is 0 Å². The van der Waals surface area contributed by atoms with E-state index in [1.54, 1.807) is 25.1 Å². The molecule has 1 heterocycles. The minimum atomic E-state index is -4.63. The molecule has 1 saturated carbocycles. The Bertz CT molecular complexity index is 804. The first kappa shape index (κ1) is 19.9. The average Bonchev–Trinajstić information content (AvgIpc) is 2.89. The molecule has 1 aliphatic rings. The van der Waals surface area contributed by atoms with E-state index in [0.717, 1.165) is 37.4 Å². The number of thioether (sulfide) groups is 1. The molecule has 0 saturated heterocycles. The molecule has 1 fully saturated rings. The zero-order valence-corrected chi connectivity index (χ0v) is 15.9. The van der Waals surface area contributed by atoms with Gasteiger partial charge in [0.15, 0.2) is 0 Å². The van der Waals surface area contributed by atoms with Crippen molar-refractivity contribution in [2.75, 3.05) is 0 Å². The molecule has 0 unspecified atom stereocenters. The van der Waals surface area contributed by atoms with Crippen molar-refractivity contribution in [3.8, 4) is 0 Å². The van der Waals surface area contributed by atoms with Crippen molar-refractivity contribution in [1.82, 2.24) is 15.3 Å². The van der Waals surface area contributed by atoms with E-state index in [4.69, 9.17) is 0 Å². The standard InChI is InChI=1S/C19H22F3N3OS/c1-12(16(26)23-13-8-4-2-3-5-9-13)27-17-14-10-6-7-11-15(14)24-18(25-17)19(20,21)22/h6-7,10-13H,2-5,8-9H2,1H3,(H,23,26)/t12-/m1/s1. The molecule has 1 aromatic heterocycles. The minimum absolute atomic E-state index is 0.149. The summed E-state index contributed by atoms with van der Waals surface area (Å²) in [5, 5.41) is 3.19. The van der Waals surface area contributed by atoms with Gasteiger partial charge in [0.05, 0.1) is 10.8 Å². The van der Waals surface area contributed by atoms with Gasteiger partial charge in [-0.05, 0) is 25.8 Å². The van der Waals surface area contributed by atoms with Gasteiger partial charge in [-0.25, -0.2) is 9.97 Å². The van der Waals surface area contributed by atoms with Crippen LogP contribution in [0.25, 0.3) is 10.9 Å². The SMILES string of the molecule is C[C@@H](Sc1nc(C(F)(F)F)nc2ccccc12)C(=O)NC1CCCCCC1. The van der Waals surface area contributed by atoms with Crippen LogP contribution in [0.4, 0.5) is 13.2 Å². The third-order valence-electron chi connectivity index (χ3n) is 4.68. The highest BCUT2D eigenvalue weighted by molar-refractivity contribution is 8.00. The first-order chi connectivity index (χ1) is 12.8.